The van der Waals surface area contributed by atoms with Crippen molar-refractivity contribution in [2.45, 2.75) is 38.8 Å². The highest BCUT2D eigenvalue weighted by atomic mass is 16.3. The molecule has 0 fully saturated rings. The Hall–Kier alpha value is -2.24. The molecule has 0 aliphatic carbocycles. The molecule has 0 unspecified atom stereocenters. The van der Waals surface area contributed by atoms with Gasteiger partial charge in [0.1, 0.15) is 0 Å². The largest absolute Gasteiger partial charge is 0.494 e. The van der Waals surface area contributed by atoms with Gasteiger partial charge in [-0.15, -0.1) is 0 Å². The van der Waals surface area contributed by atoms with Crippen LogP contribution in [0.25, 0.3) is 0 Å². The van der Waals surface area contributed by atoms with Gasteiger partial charge >= 0.3 is 0 Å². The van der Waals surface area contributed by atoms with E-state index in [0.29, 0.717) is 13.1 Å². The van der Waals surface area contributed by atoms with Gasteiger partial charge in [0, 0.05) is 37.4 Å². The number of aromatic hydroxyl groups is 4. The van der Waals surface area contributed by atoms with Gasteiger partial charge < -0.3 is 20.4 Å². The molecule has 0 atom stereocenters. The van der Waals surface area contributed by atoms with Crippen molar-refractivity contribution in [3.05, 3.63) is 24.3 Å². The van der Waals surface area contributed by atoms with E-state index in [1.165, 1.54) is 33.4 Å². The van der Waals surface area contributed by atoms with Gasteiger partial charge in [0.05, 0.1) is 0 Å². The Morgan fingerprint density at radius 1 is 0.550 bits per heavy atom. The third-order valence-electron chi connectivity index (χ3n) is 3.38. The third-order valence-corrected chi connectivity index (χ3v) is 3.38. The molecular formula is C14H20N2O4. The molecule has 6 nitrogen and oxygen atoms in total. The topological polar surface area (TPSA) is 90.8 Å². The first-order valence-corrected chi connectivity index (χ1v) is 6.74. The minimum Gasteiger partial charge on any atom is -0.494 e. The Bertz CT molecular complexity index is 470. The van der Waals surface area contributed by atoms with Crippen molar-refractivity contribution in [2.75, 3.05) is 0 Å². The van der Waals surface area contributed by atoms with Crippen LogP contribution >= 0.6 is 0 Å². The van der Waals surface area contributed by atoms with Crippen LogP contribution in [-0.2, 0) is 13.1 Å². The standard InChI is InChI=1S/C14H20N2O4/c17-11-5-6-12(18)15(11)9-3-1-2-4-10-16-13(19)7-8-14(16)20/h5-8,17-20H,1-4,9-10H2. The number of unbranched alkanes of at least 4 members (excludes halogenated alkanes) is 3. The summed E-state index contributed by atoms with van der Waals surface area (Å²) in [4.78, 5) is 0. The number of hydrogen-bond acceptors (Lipinski definition) is 4. The predicted molar refractivity (Wildman–Crippen MR) is 74.0 cm³/mol. The number of rotatable bonds is 7. The van der Waals surface area contributed by atoms with Crippen molar-refractivity contribution in [3.63, 3.8) is 0 Å². The van der Waals surface area contributed by atoms with Crippen molar-refractivity contribution in [1.82, 2.24) is 9.13 Å². The zero-order valence-corrected chi connectivity index (χ0v) is 11.2. The van der Waals surface area contributed by atoms with E-state index in [2.05, 4.69) is 0 Å². The summed E-state index contributed by atoms with van der Waals surface area (Å²) in [5.74, 6) is 0.295. The number of hydrogen-bond donors (Lipinski definition) is 4. The van der Waals surface area contributed by atoms with E-state index in [9.17, 15) is 20.4 Å². The summed E-state index contributed by atoms with van der Waals surface area (Å²) < 4.78 is 2.92. The van der Waals surface area contributed by atoms with Crippen molar-refractivity contribution < 1.29 is 20.4 Å². The molecule has 2 aromatic rings. The van der Waals surface area contributed by atoms with Crippen LogP contribution in [-0.4, -0.2) is 29.6 Å². The van der Waals surface area contributed by atoms with Gasteiger partial charge in [0.2, 0.25) is 0 Å². The minimum absolute atomic E-state index is 0.0738. The molecule has 6 heteroatoms. The predicted octanol–water partition coefficient (Wildman–Crippen LogP) is 2.37. The molecular weight excluding hydrogens is 260 g/mol. The molecule has 2 aromatic heterocycles. The summed E-state index contributed by atoms with van der Waals surface area (Å²) in [6, 6.07) is 5.86. The summed E-state index contributed by atoms with van der Waals surface area (Å²) in [5.41, 5.74) is 0. The van der Waals surface area contributed by atoms with E-state index >= 15 is 0 Å². The second kappa shape index (κ2) is 6.27. The lowest BCUT2D eigenvalue weighted by molar-refractivity contribution is 0.353. The van der Waals surface area contributed by atoms with Crippen molar-refractivity contribution in [3.8, 4) is 23.5 Å². The van der Waals surface area contributed by atoms with Crippen LogP contribution in [0.4, 0.5) is 0 Å². The Morgan fingerprint density at radius 2 is 0.850 bits per heavy atom. The molecule has 0 aliphatic rings. The molecule has 4 N–H and O–H groups in total. The van der Waals surface area contributed by atoms with Gasteiger partial charge in [-0.05, 0) is 12.8 Å². The van der Waals surface area contributed by atoms with Crippen molar-refractivity contribution in [2.24, 2.45) is 0 Å². The lowest BCUT2D eigenvalue weighted by Crippen LogP contribution is -1.98. The van der Waals surface area contributed by atoms with Crippen LogP contribution in [0.1, 0.15) is 25.7 Å². The molecule has 110 valence electrons. The fraction of sp³-hybridized carbons (Fsp3) is 0.429. The average Bonchev–Trinajstić information content (AvgIpc) is 2.90. The van der Waals surface area contributed by atoms with Gasteiger partial charge in [0.15, 0.2) is 23.5 Å². The Morgan fingerprint density at radius 3 is 1.15 bits per heavy atom. The molecule has 0 saturated carbocycles. The van der Waals surface area contributed by atoms with Crippen molar-refractivity contribution in [1.29, 1.82) is 0 Å². The molecule has 2 heterocycles. The Balaban J connectivity index is 1.65. The summed E-state index contributed by atoms with van der Waals surface area (Å²) in [6.45, 7) is 1.15. The van der Waals surface area contributed by atoms with E-state index in [-0.39, 0.29) is 23.5 Å². The molecule has 0 aliphatic heterocycles. The van der Waals surface area contributed by atoms with Crippen LogP contribution in [0.3, 0.4) is 0 Å². The van der Waals surface area contributed by atoms with Crippen molar-refractivity contribution >= 4 is 0 Å². The monoisotopic (exact) mass is 280 g/mol. The van der Waals surface area contributed by atoms with Crippen LogP contribution in [0.15, 0.2) is 24.3 Å². The summed E-state index contributed by atoms with van der Waals surface area (Å²) in [5, 5.41) is 37.9. The Kier molecular flexibility index (Phi) is 4.45. The first-order valence-electron chi connectivity index (χ1n) is 6.74. The average molecular weight is 280 g/mol. The molecule has 0 radical (unpaired) electrons. The molecule has 0 amide bonds. The highest BCUT2D eigenvalue weighted by Gasteiger charge is 2.06. The molecule has 0 spiro atoms. The summed E-state index contributed by atoms with van der Waals surface area (Å²) >= 11 is 0. The Labute approximate surface area is 117 Å². The highest BCUT2D eigenvalue weighted by Crippen LogP contribution is 2.23. The molecule has 0 bridgehead atoms. The minimum atomic E-state index is 0.0738. The maximum Gasteiger partial charge on any atom is 0.193 e. The first kappa shape index (κ1) is 14.2. The lowest BCUT2D eigenvalue weighted by Gasteiger charge is -2.08. The maximum atomic E-state index is 9.46. The van der Waals surface area contributed by atoms with Crippen LogP contribution in [0.2, 0.25) is 0 Å². The fourth-order valence-corrected chi connectivity index (χ4v) is 2.24. The normalized spacial score (nSPS) is 11.0. The quantitative estimate of drug-likeness (QED) is 0.586. The van der Waals surface area contributed by atoms with E-state index in [4.69, 9.17) is 0 Å². The van der Waals surface area contributed by atoms with Crippen LogP contribution in [0.5, 0.6) is 23.5 Å². The van der Waals surface area contributed by atoms with Crippen LogP contribution in [0, 0.1) is 0 Å². The van der Waals surface area contributed by atoms with E-state index < -0.39 is 0 Å². The van der Waals surface area contributed by atoms with E-state index in [1.807, 2.05) is 0 Å². The summed E-state index contributed by atoms with van der Waals surface area (Å²) in [7, 11) is 0. The van der Waals surface area contributed by atoms with E-state index in [1.54, 1.807) is 0 Å². The molecule has 2 rings (SSSR count). The van der Waals surface area contributed by atoms with Crippen LogP contribution < -0.4 is 0 Å². The fourth-order valence-electron chi connectivity index (χ4n) is 2.24. The molecule has 20 heavy (non-hydrogen) atoms. The van der Waals surface area contributed by atoms with Gasteiger partial charge in [-0.1, -0.05) is 12.8 Å². The van der Waals surface area contributed by atoms with E-state index in [0.717, 1.165) is 25.7 Å². The third kappa shape index (κ3) is 3.20. The smallest absolute Gasteiger partial charge is 0.193 e. The second-order valence-corrected chi connectivity index (χ2v) is 4.82. The highest BCUT2D eigenvalue weighted by molar-refractivity contribution is 5.24. The molecule has 0 aromatic carbocycles. The van der Waals surface area contributed by atoms with Gasteiger partial charge in [0.25, 0.3) is 0 Å². The zero-order chi connectivity index (χ0) is 14.5. The SMILES string of the molecule is Oc1ccc(O)n1CCCCCCn1c(O)ccc1O. The summed E-state index contributed by atoms with van der Waals surface area (Å²) in [6.07, 6.45) is 3.58. The van der Waals surface area contributed by atoms with Gasteiger partial charge in [-0.3, -0.25) is 9.13 Å². The van der Waals surface area contributed by atoms with Gasteiger partial charge in [-0.2, -0.15) is 0 Å². The maximum absolute atomic E-state index is 9.46. The van der Waals surface area contributed by atoms with Gasteiger partial charge in [-0.25, -0.2) is 0 Å². The first-order chi connectivity index (χ1) is 9.59. The second-order valence-electron chi connectivity index (χ2n) is 4.82. The number of nitrogens with zero attached hydrogens (tertiary/aromatic N) is 2. The zero-order valence-electron chi connectivity index (χ0n) is 11.2. The lowest BCUT2D eigenvalue weighted by atomic mass is 10.2. The number of aromatic nitrogens is 2. The molecule has 0 saturated heterocycles.